The lowest BCUT2D eigenvalue weighted by Crippen LogP contribution is -2.15. The number of fused-ring (bicyclic) bond motifs is 1. The summed E-state index contributed by atoms with van der Waals surface area (Å²) < 4.78 is 2.10. The molecule has 0 amide bonds. The number of aromatic nitrogens is 4. The molecule has 0 aliphatic carbocycles. The molecule has 0 bridgehead atoms. The van der Waals surface area contributed by atoms with E-state index in [0.717, 1.165) is 46.1 Å². The van der Waals surface area contributed by atoms with Crippen molar-refractivity contribution in [3.8, 4) is 0 Å². The van der Waals surface area contributed by atoms with E-state index in [4.69, 9.17) is 0 Å². The van der Waals surface area contributed by atoms with Crippen LogP contribution >= 0.6 is 11.8 Å². The standard InChI is InChI=1S/C23H24N4OS/c1-4-27-20(14-17-10-6-5-7-11-17)25-26-23(27)29-16(3)22(28)21-15(2)24-19-13-9-8-12-18(19)21/h5-13,16,24H,4,14H2,1-3H3. The molecule has 0 spiro atoms. The maximum absolute atomic E-state index is 13.2. The minimum Gasteiger partial charge on any atom is -0.358 e. The highest BCUT2D eigenvalue weighted by atomic mass is 32.2. The van der Waals surface area contributed by atoms with Gasteiger partial charge >= 0.3 is 0 Å². The Hall–Kier alpha value is -2.86. The van der Waals surface area contributed by atoms with Crippen LogP contribution in [-0.4, -0.2) is 30.8 Å². The van der Waals surface area contributed by atoms with Crippen molar-refractivity contribution in [2.75, 3.05) is 0 Å². The Morgan fingerprint density at radius 2 is 1.83 bits per heavy atom. The fraction of sp³-hybridized carbons (Fsp3) is 0.261. The molecule has 148 valence electrons. The SMILES string of the molecule is CCn1c(Cc2ccccc2)nnc1SC(C)C(=O)c1c(C)[nH]c2ccccc12. The van der Waals surface area contributed by atoms with Gasteiger partial charge in [-0.15, -0.1) is 10.2 Å². The van der Waals surface area contributed by atoms with E-state index in [2.05, 4.69) is 38.8 Å². The molecule has 0 aliphatic heterocycles. The molecule has 4 aromatic rings. The molecule has 2 heterocycles. The van der Waals surface area contributed by atoms with Crippen LogP contribution in [0, 0.1) is 6.92 Å². The molecule has 2 aromatic heterocycles. The number of thioether (sulfide) groups is 1. The molecule has 1 atom stereocenters. The van der Waals surface area contributed by atoms with Crippen molar-refractivity contribution in [1.82, 2.24) is 19.7 Å². The average Bonchev–Trinajstić information content (AvgIpc) is 3.27. The Labute approximate surface area is 174 Å². The number of H-pyrrole nitrogens is 1. The molecule has 1 N–H and O–H groups in total. The third kappa shape index (κ3) is 3.85. The van der Waals surface area contributed by atoms with Gasteiger partial charge in [-0.25, -0.2) is 0 Å². The Bertz CT molecular complexity index is 1150. The third-order valence-corrected chi connectivity index (χ3v) is 6.19. The van der Waals surface area contributed by atoms with Crippen LogP contribution in [0.25, 0.3) is 10.9 Å². The van der Waals surface area contributed by atoms with E-state index in [1.807, 2.05) is 56.3 Å². The van der Waals surface area contributed by atoms with E-state index < -0.39 is 0 Å². The van der Waals surface area contributed by atoms with Crippen molar-refractivity contribution >= 4 is 28.4 Å². The van der Waals surface area contributed by atoms with Crippen LogP contribution in [0.3, 0.4) is 0 Å². The number of benzene rings is 2. The molecule has 29 heavy (non-hydrogen) atoms. The first-order chi connectivity index (χ1) is 14.1. The van der Waals surface area contributed by atoms with Crippen molar-refractivity contribution in [3.63, 3.8) is 0 Å². The highest BCUT2D eigenvalue weighted by molar-refractivity contribution is 8.00. The average molecular weight is 405 g/mol. The van der Waals surface area contributed by atoms with E-state index in [9.17, 15) is 4.79 Å². The highest BCUT2D eigenvalue weighted by Gasteiger charge is 2.24. The van der Waals surface area contributed by atoms with E-state index in [1.165, 1.54) is 17.3 Å². The number of hydrogen-bond acceptors (Lipinski definition) is 4. The van der Waals surface area contributed by atoms with Crippen LogP contribution in [-0.2, 0) is 13.0 Å². The largest absolute Gasteiger partial charge is 0.358 e. The molecule has 0 radical (unpaired) electrons. The monoisotopic (exact) mass is 404 g/mol. The summed E-state index contributed by atoms with van der Waals surface area (Å²) in [5.41, 5.74) is 3.87. The first-order valence-electron chi connectivity index (χ1n) is 9.82. The van der Waals surface area contributed by atoms with Crippen LogP contribution in [0.2, 0.25) is 0 Å². The minimum absolute atomic E-state index is 0.111. The van der Waals surface area contributed by atoms with E-state index in [-0.39, 0.29) is 11.0 Å². The zero-order chi connectivity index (χ0) is 20.4. The predicted molar refractivity (Wildman–Crippen MR) is 118 cm³/mol. The molecule has 5 nitrogen and oxygen atoms in total. The van der Waals surface area contributed by atoms with Gasteiger partial charge in [0.1, 0.15) is 5.82 Å². The maximum atomic E-state index is 13.2. The van der Waals surface area contributed by atoms with Crippen LogP contribution in [0.1, 0.15) is 41.3 Å². The fourth-order valence-electron chi connectivity index (χ4n) is 3.64. The Kier molecular flexibility index (Phi) is 5.53. The van der Waals surface area contributed by atoms with Crippen LogP contribution in [0.4, 0.5) is 0 Å². The molecule has 0 saturated heterocycles. The van der Waals surface area contributed by atoms with Crippen LogP contribution in [0.15, 0.2) is 59.8 Å². The lowest BCUT2D eigenvalue weighted by atomic mass is 10.1. The Balaban J connectivity index is 1.57. The van der Waals surface area contributed by atoms with Crippen LogP contribution in [0.5, 0.6) is 0 Å². The van der Waals surface area contributed by atoms with Gasteiger partial charge in [0, 0.05) is 35.1 Å². The number of para-hydroxylation sites is 1. The first kappa shape index (κ1) is 19.5. The van der Waals surface area contributed by atoms with E-state index in [1.54, 1.807) is 0 Å². The lowest BCUT2D eigenvalue weighted by molar-refractivity contribution is 0.0995. The van der Waals surface area contributed by atoms with Crippen LogP contribution < -0.4 is 0 Å². The Morgan fingerprint density at radius 3 is 2.59 bits per heavy atom. The second-order valence-corrected chi connectivity index (χ2v) is 8.41. The lowest BCUT2D eigenvalue weighted by Gasteiger charge is -2.12. The molecule has 1 unspecified atom stereocenters. The van der Waals surface area contributed by atoms with Gasteiger partial charge in [0.05, 0.1) is 5.25 Å². The third-order valence-electron chi connectivity index (χ3n) is 5.11. The number of aromatic amines is 1. The summed E-state index contributed by atoms with van der Waals surface area (Å²) in [6.07, 6.45) is 0.728. The van der Waals surface area contributed by atoms with Crippen molar-refractivity contribution in [2.45, 2.75) is 44.1 Å². The predicted octanol–water partition coefficient (Wildman–Crippen LogP) is 5.04. The van der Waals surface area contributed by atoms with Gasteiger partial charge in [-0.3, -0.25) is 4.79 Å². The number of aryl methyl sites for hydroxylation is 1. The summed E-state index contributed by atoms with van der Waals surface area (Å²) in [7, 11) is 0. The molecule has 2 aromatic carbocycles. The topological polar surface area (TPSA) is 63.6 Å². The van der Waals surface area contributed by atoms with Crippen molar-refractivity contribution < 1.29 is 4.79 Å². The zero-order valence-electron chi connectivity index (χ0n) is 16.8. The Morgan fingerprint density at radius 1 is 1.10 bits per heavy atom. The van der Waals surface area contributed by atoms with E-state index in [0.29, 0.717) is 0 Å². The van der Waals surface area contributed by atoms with Gasteiger partial charge in [-0.05, 0) is 32.4 Å². The molecule has 6 heteroatoms. The number of carbonyl (C=O) groups is 1. The molecular weight excluding hydrogens is 380 g/mol. The normalized spacial score (nSPS) is 12.4. The van der Waals surface area contributed by atoms with Gasteiger partial charge in [-0.1, -0.05) is 60.3 Å². The number of Topliss-reactive ketones (excluding diaryl/α,β-unsaturated/α-hetero) is 1. The number of ketones is 1. The summed E-state index contributed by atoms with van der Waals surface area (Å²) in [4.78, 5) is 16.6. The minimum atomic E-state index is -0.257. The highest BCUT2D eigenvalue weighted by Crippen LogP contribution is 2.30. The number of nitrogens with zero attached hydrogens (tertiary/aromatic N) is 3. The number of nitrogens with one attached hydrogen (secondary N) is 1. The quantitative estimate of drug-likeness (QED) is 0.346. The van der Waals surface area contributed by atoms with Crippen molar-refractivity contribution in [3.05, 3.63) is 77.2 Å². The summed E-state index contributed by atoms with van der Waals surface area (Å²) >= 11 is 1.48. The summed E-state index contributed by atoms with van der Waals surface area (Å²) in [5, 5.41) is 10.3. The summed E-state index contributed by atoms with van der Waals surface area (Å²) in [5.74, 6) is 1.03. The molecule has 0 saturated carbocycles. The van der Waals surface area contributed by atoms with Crippen molar-refractivity contribution in [2.24, 2.45) is 0 Å². The number of rotatable bonds is 7. The summed E-state index contributed by atoms with van der Waals surface area (Å²) in [6, 6.07) is 18.2. The zero-order valence-corrected chi connectivity index (χ0v) is 17.7. The fourth-order valence-corrected chi connectivity index (χ4v) is 4.63. The van der Waals surface area contributed by atoms with Gasteiger partial charge < -0.3 is 9.55 Å². The van der Waals surface area contributed by atoms with Gasteiger partial charge in [0.15, 0.2) is 10.9 Å². The maximum Gasteiger partial charge on any atom is 0.191 e. The number of carbonyl (C=O) groups excluding carboxylic acids is 1. The van der Waals surface area contributed by atoms with E-state index >= 15 is 0 Å². The van der Waals surface area contributed by atoms with Gasteiger partial charge in [0.2, 0.25) is 0 Å². The van der Waals surface area contributed by atoms with Gasteiger partial charge in [0.25, 0.3) is 0 Å². The molecule has 4 rings (SSSR count). The van der Waals surface area contributed by atoms with Gasteiger partial charge in [-0.2, -0.15) is 0 Å². The number of hydrogen-bond donors (Lipinski definition) is 1. The second kappa shape index (κ2) is 8.25. The molecular formula is C23H24N4OS. The second-order valence-electron chi connectivity index (χ2n) is 7.10. The molecule has 0 fully saturated rings. The summed E-state index contributed by atoms with van der Waals surface area (Å²) in [6.45, 7) is 6.75. The molecule has 0 aliphatic rings. The first-order valence-corrected chi connectivity index (χ1v) is 10.7. The smallest absolute Gasteiger partial charge is 0.191 e. The van der Waals surface area contributed by atoms with Crippen molar-refractivity contribution in [1.29, 1.82) is 0 Å².